The van der Waals surface area contributed by atoms with Crippen molar-refractivity contribution in [1.82, 2.24) is 9.78 Å². The third-order valence-electron chi connectivity index (χ3n) is 1.19. The highest BCUT2D eigenvalue weighted by Gasteiger charge is 1.92. The summed E-state index contributed by atoms with van der Waals surface area (Å²) >= 11 is 0. The van der Waals surface area contributed by atoms with Crippen molar-refractivity contribution < 1.29 is 0 Å². The zero-order valence-corrected chi connectivity index (χ0v) is 5.18. The molecule has 0 atom stereocenters. The summed E-state index contributed by atoms with van der Waals surface area (Å²) in [5.74, 6) is 0. The first-order valence-corrected chi connectivity index (χ1v) is 2.54. The summed E-state index contributed by atoms with van der Waals surface area (Å²) in [6.07, 6.45) is 1.90. The predicted octanol–water partition coefficient (Wildman–Crippen LogP) is 1.14. The van der Waals surface area contributed by atoms with Crippen molar-refractivity contribution in [3.8, 4) is 0 Å². The molecule has 1 aromatic rings. The van der Waals surface area contributed by atoms with E-state index in [9.17, 15) is 0 Å². The van der Waals surface area contributed by atoms with Gasteiger partial charge in [-0.3, -0.25) is 4.68 Å². The minimum absolute atomic E-state index is 1.06. The van der Waals surface area contributed by atoms with Crippen molar-refractivity contribution in [1.29, 1.82) is 0 Å². The van der Waals surface area contributed by atoms with Crippen LogP contribution in [0, 0.1) is 20.9 Å². The number of rotatable bonds is 0. The maximum absolute atomic E-state index is 4.02. The fraction of sp³-hybridized carbons (Fsp3) is 0.333. The average Bonchev–Trinajstić information content (AvgIpc) is 1.85. The van der Waals surface area contributed by atoms with Crippen LogP contribution in [0.4, 0.5) is 0 Å². The molecular weight excluding hydrogens is 100 g/mol. The van der Waals surface area contributed by atoms with Crippen LogP contribution in [-0.4, -0.2) is 9.78 Å². The lowest BCUT2D eigenvalue weighted by molar-refractivity contribution is 0.859. The van der Waals surface area contributed by atoms with Gasteiger partial charge in [0.1, 0.15) is 0 Å². The number of aryl methyl sites for hydroxylation is 2. The molecule has 0 amide bonds. The van der Waals surface area contributed by atoms with Crippen LogP contribution >= 0.6 is 0 Å². The molecule has 2 nitrogen and oxygen atoms in total. The second-order valence-corrected chi connectivity index (χ2v) is 1.94. The van der Waals surface area contributed by atoms with Crippen molar-refractivity contribution >= 4 is 0 Å². The van der Waals surface area contributed by atoms with Gasteiger partial charge in [-0.05, 0) is 19.4 Å². The third-order valence-corrected chi connectivity index (χ3v) is 1.19. The van der Waals surface area contributed by atoms with E-state index in [0.717, 1.165) is 5.69 Å². The van der Waals surface area contributed by atoms with E-state index in [-0.39, 0.29) is 0 Å². The Morgan fingerprint density at radius 1 is 1.62 bits per heavy atom. The zero-order valence-electron chi connectivity index (χ0n) is 5.18. The Kier molecular flexibility index (Phi) is 1.08. The molecule has 1 heterocycles. The normalized spacial score (nSPS) is 9.88. The van der Waals surface area contributed by atoms with Crippen LogP contribution in [0.1, 0.15) is 11.3 Å². The van der Waals surface area contributed by atoms with Gasteiger partial charge >= 0.3 is 0 Å². The lowest BCUT2D eigenvalue weighted by Gasteiger charge is -1.79. The van der Waals surface area contributed by atoms with Crippen molar-refractivity contribution in [3.05, 3.63) is 24.5 Å². The topological polar surface area (TPSA) is 17.8 Å². The van der Waals surface area contributed by atoms with E-state index in [0.29, 0.717) is 0 Å². The minimum atomic E-state index is 1.06. The Balaban J connectivity index is 3.14. The maximum Gasteiger partial charge on any atom is 0.0622 e. The van der Waals surface area contributed by atoms with E-state index in [1.807, 2.05) is 20.0 Å². The molecule has 1 rings (SSSR count). The number of hydrogen-bond donors (Lipinski definition) is 0. The standard InChI is InChI=1S/C6H9N2/c1-5-4-8(3)7-6(5)2/h4H,3H2,1-2H3. The molecule has 0 aliphatic rings. The van der Waals surface area contributed by atoms with Crippen molar-refractivity contribution in [2.24, 2.45) is 0 Å². The molecule has 0 aromatic carbocycles. The summed E-state index contributed by atoms with van der Waals surface area (Å²) in [5, 5.41) is 4.02. The number of hydrogen-bond acceptors (Lipinski definition) is 1. The first-order chi connectivity index (χ1) is 3.70. The molecule has 0 saturated carbocycles. The van der Waals surface area contributed by atoms with Crippen LogP contribution in [0.3, 0.4) is 0 Å². The van der Waals surface area contributed by atoms with Crippen molar-refractivity contribution in [3.63, 3.8) is 0 Å². The highest BCUT2D eigenvalue weighted by atomic mass is 15.2. The molecule has 0 aliphatic carbocycles. The first kappa shape index (κ1) is 5.35. The monoisotopic (exact) mass is 109 g/mol. The van der Waals surface area contributed by atoms with Gasteiger partial charge in [0.25, 0.3) is 0 Å². The fourth-order valence-corrected chi connectivity index (χ4v) is 0.617. The molecule has 0 spiro atoms. The van der Waals surface area contributed by atoms with Crippen LogP contribution in [0.15, 0.2) is 6.20 Å². The maximum atomic E-state index is 4.02. The molecule has 2 heteroatoms. The van der Waals surface area contributed by atoms with Gasteiger partial charge in [0.05, 0.1) is 12.7 Å². The SMILES string of the molecule is [CH2]n1cc(C)c(C)n1. The second-order valence-electron chi connectivity index (χ2n) is 1.94. The van der Waals surface area contributed by atoms with Gasteiger partial charge in [0.15, 0.2) is 0 Å². The molecule has 43 valence electrons. The smallest absolute Gasteiger partial charge is 0.0622 e. The summed E-state index contributed by atoms with van der Waals surface area (Å²) in [6, 6.07) is 0. The Morgan fingerprint density at radius 3 is 2.38 bits per heavy atom. The molecule has 0 unspecified atom stereocenters. The lowest BCUT2D eigenvalue weighted by atomic mass is 10.3. The largest absolute Gasteiger partial charge is 0.270 e. The van der Waals surface area contributed by atoms with Gasteiger partial charge < -0.3 is 0 Å². The summed E-state index contributed by atoms with van der Waals surface area (Å²) < 4.78 is 1.57. The van der Waals surface area contributed by atoms with Gasteiger partial charge in [0.2, 0.25) is 0 Å². The molecule has 1 radical (unpaired) electrons. The fourth-order valence-electron chi connectivity index (χ4n) is 0.617. The quantitative estimate of drug-likeness (QED) is 0.488. The van der Waals surface area contributed by atoms with Crippen LogP contribution in [0.25, 0.3) is 0 Å². The molecule has 0 N–H and O–H groups in total. The van der Waals surface area contributed by atoms with Gasteiger partial charge in [-0.25, -0.2) is 0 Å². The molecule has 0 aliphatic heterocycles. The van der Waals surface area contributed by atoms with Gasteiger partial charge in [-0.1, -0.05) is 0 Å². The Hall–Kier alpha value is -0.790. The molecule has 8 heavy (non-hydrogen) atoms. The molecule has 0 bridgehead atoms. The Labute approximate surface area is 49.1 Å². The van der Waals surface area contributed by atoms with Crippen molar-refractivity contribution in [2.45, 2.75) is 13.8 Å². The van der Waals surface area contributed by atoms with E-state index in [1.165, 1.54) is 5.56 Å². The second kappa shape index (κ2) is 1.62. The van der Waals surface area contributed by atoms with Crippen molar-refractivity contribution in [2.75, 3.05) is 0 Å². The van der Waals surface area contributed by atoms with Crippen LogP contribution < -0.4 is 0 Å². The van der Waals surface area contributed by atoms with Crippen LogP contribution in [0.5, 0.6) is 0 Å². The molecular formula is C6H9N2. The molecule has 0 fully saturated rings. The first-order valence-electron chi connectivity index (χ1n) is 2.54. The van der Waals surface area contributed by atoms with Crippen LogP contribution in [-0.2, 0) is 0 Å². The van der Waals surface area contributed by atoms with E-state index < -0.39 is 0 Å². The molecule has 1 aromatic heterocycles. The highest BCUT2D eigenvalue weighted by molar-refractivity contribution is 5.12. The summed E-state index contributed by atoms with van der Waals surface area (Å²) in [7, 11) is 3.61. The lowest BCUT2D eigenvalue weighted by Crippen LogP contribution is -1.83. The summed E-state index contributed by atoms with van der Waals surface area (Å²) in [6.45, 7) is 3.99. The van der Waals surface area contributed by atoms with E-state index in [1.54, 1.807) is 4.68 Å². The minimum Gasteiger partial charge on any atom is -0.270 e. The average molecular weight is 109 g/mol. The number of nitrogens with zero attached hydrogens (tertiary/aromatic N) is 2. The summed E-state index contributed by atoms with van der Waals surface area (Å²) in [5.41, 5.74) is 2.25. The van der Waals surface area contributed by atoms with Gasteiger partial charge in [-0.2, -0.15) is 5.10 Å². The summed E-state index contributed by atoms with van der Waals surface area (Å²) in [4.78, 5) is 0. The third kappa shape index (κ3) is 0.735. The van der Waals surface area contributed by atoms with Gasteiger partial charge in [-0.15, -0.1) is 0 Å². The molecule has 0 saturated heterocycles. The Bertz CT molecular complexity index is 169. The van der Waals surface area contributed by atoms with E-state index in [4.69, 9.17) is 0 Å². The highest BCUT2D eigenvalue weighted by Crippen LogP contribution is 1.99. The Morgan fingerprint density at radius 2 is 2.25 bits per heavy atom. The predicted molar refractivity (Wildman–Crippen MR) is 32.5 cm³/mol. The zero-order chi connectivity index (χ0) is 6.15. The number of aromatic nitrogens is 2. The van der Waals surface area contributed by atoms with Gasteiger partial charge in [0, 0.05) is 6.20 Å². The van der Waals surface area contributed by atoms with Crippen LogP contribution in [0.2, 0.25) is 0 Å². The van der Waals surface area contributed by atoms with E-state index >= 15 is 0 Å². The van der Waals surface area contributed by atoms with E-state index in [2.05, 4.69) is 12.1 Å².